The zero-order chi connectivity index (χ0) is 14.0. The molecule has 2 aliphatic rings. The Morgan fingerprint density at radius 3 is 3.00 bits per heavy atom. The quantitative estimate of drug-likeness (QED) is 0.790. The van der Waals surface area contributed by atoms with Crippen LogP contribution in [0.4, 0.5) is 0 Å². The molecule has 1 fully saturated rings. The second-order valence-corrected chi connectivity index (χ2v) is 5.67. The molecule has 20 heavy (non-hydrogen) atoms. The molecular weight excluding hydrogens is 254 g/mol. The molecule has 1 saturated carbocycles. The van der Waals surface area contributed by atoms with E-state index in [1.54, 1.807) is 0 Å². The van der Waals surface area contributed by atoms with Crippen molar-refractivity contribution < 1.29 is 14.3 Å². The molecular formula is C16H17NO3. The monoisotopic (exact) mass is 271 g/mol. The minimum Gasteiger partial charge on any atom is -0.493 e. The first-order valence-corrected chi connectivity index (χ1v) is 6.99. The summed E-state index contributed by atoms with van der Waals surface area (Å²) in [7, 11) is 0. The number of nitriles is 1. The summed E-state index contributed by atoms with van der Waals surface area (Å²) in [5.74, 6) is 0.349. The minimum absolute atomic E-state index is 0.0604. The number of hydrogen-bond donors (Lipinski definition) is 0. The number of nitrogens with zero attached hydrogens (tertiary/aromatic N) is 1. The van der Waals surface area contributed by atoms with Gasteiger partial charge < -0.3 is 9.47 Å². The second kappa shape index (κ2) is 5.16. The maximum atomic E-state index is 12.3. The van der Waals surface area contributed by atoms with E-state index >= 15 is 0 Å². The number of carbonyl (C=O) groups excluding carboxylic acids is 1. The molecule has 0 bridgehead atoms. The third-order valence-electron chi connectivity index (χ3n) is 4.17. The van der Waals surface area contributed by atoms with Gasteiger partial charge in [-0.3, -0.25) is 4.79 Å². The van der Waals surface area contributed by atoms with Gasteiger partial charge in [0.1, 0.15) is 5.75 Å². The van der Waals surface area contributed by atoms with E-state index in [-0.39, 0.29) is 17.3 Å². The molecule has 0 unspecified atom stereocenters. The van der Waals surface area contributed by atoms with Crippen LogP contribution in [-0.2, 0) is 9.53 Å². The molecule has 0 radical (unpaired) electrons. The molecule has 1 aliphatic heterocycles. The topological polar surface area (TPSA) is 59.3 Å². The molecule has 3 rings (SSSR count). The maximum Gasteiger partial charge on any atom is 0.313 e. The van der Waals surface area contributed by atoms with Gasteiger partial charge in [0.2, 0.25) is 0 Å². The molecule has 0 N–H and O–H groups in total. The van der Waals surface area contributed by atoms with Gasteiger partial charge in [-0.1, -0.05) is 18.2 Å². The highest BCUT2D eigenvalue weighted by molar-refractivity contribution is 5.79. The molecule has 4 nitrogen and oxygen atoms in total. The lowest BCUT2D eigenvalue weighted by Gasteiger charge is -2.25. The number of benzene rings is 1. The van der Waals surface area contributed by atoms with Crippen molar-refractivity contribution in [1.29, 1.82) is 5.26 Å². The molecule has 0 amide bonds. The second-order valence-electron chi connectivity index (χ2n) is 5.67. The van der Waals surface area contributed by atoms with Crippen LogP contribution in [0.1, 0.15) is 37.2 Å². The summed E-state index contributed by atoms with van der Waals surface area (Å²) in [5.41, 5.74) is 0.851. The van der Waals surface area contributed by atoms with Crippen LogP contribution in [0, 0.1) is 16.7 Å². The Balaban J connectivity index is 1.65. The predicted molar refractivity (Wildman–Crippen MR) is 72.2 cm³/mol. The van der Waals surface area contributed by atoms with E-state index < -0.39 is 0 Å². The largest absolute Gasteiger partial charge is 0.493 e. The van der Waals surface area contributed by atoms with Crippen LogP contribution < -0.4 is 4.74 Å². The highest BCUT2D eigenvalue weighted by Crippen LogP contribution is 2.49. The Morgan fingerprint density at radius 1 is 1.45 bits per heavy atom. The molecule has 0 spiro atoms. The highest BCUT2D eigenvalue weighted by atomic mass is 16.5. The van der Waals surface area contributed by atoms with Crippen LogP contribution >= 0.6 is 0 Å². The molecule has 1 aromatic rings. The number of para-hydroxylation sites is 1. The van der Waals surface area contributed by atoms with E-state index in [0.29, 0.717) is 26.1 Å². The average Bonchev–Trinajstić information content (AvgIpc) is 3.25. The van der Waals surface area contributed by atoms with Gasteiger partial charge >= 0.3 is 5.97 Å². The number of esters is 1. The summed E-state index contributed by atoms with van der Waals surface area (Å²) in [6.45, 7) is 0.916. The van der Waals surface area contributed by atoms with E-state index in [1.807, 2.05) is 24.3 Å². The Bertz CT molecular complexity index is 557. The Hall–Kier alpha value is -2.02. The minimum atomic E-state index is -0.238. The summed E-state index contributed by atoms with van der Waals surface area (Å²) in [6.07, 6.45) is 3.10. The van der Waals surface area contributed by atoms with Crippen molar-refractivity contribution in [2.24, 2.45) is 5.41 Å². The molecule has 1 atom stereocenters. The van der Waals surface area contributed by atoms with Crippen molar-refractivity contribution in [3.05, 3.63) is 29.8 Å². The fourth-order valence-electron chi connectivity index (χ4n) is 2.63. The van der Waals surface area contributed by atoms with Gasteiger partial charge in [0.15, 0.2) is 0 Å². The standard InChI is InChI=1S/C16H17NO3/c17-9-8-16(6-7-16)11-20-15(18)13-5-10-19-14-4-2-1-3-12(13)14/h1-4,13H,5-8,10-11H2/t13-/m1/s1. The van der Waals surface area contributed by atoms with Gasteiger partial charge in [-0.25, -0.2) is 0 Å². The first kappa shape index (κ1) is 13.0. The molecule has 0 aromatic heterocycles. The van der Waals surface area contributed by atoms with E-state index in [4.69, 9.17) is 14.7 Å². The first-order valence-electron chi connectivity index (χ1n) is 6.99. The summed E-state index contributed by atoms with van der Waals surface area (Å²) < 4.78 is 11.0. The highest BCUT2D eigenvalue weighted by Gasteiger charge is 2.44. The van der Waals surface area contributed by atoms with E-state index in [0.717, 1.165) is 24.2 Å². The summed E-state index contributed by atoms with van der Waals surface area (Å²) in [6, 6.07) is 9.79. The van der Waals surface area contributed by atoms with Crippen molar-refractivity contribution in [2.45, 2.75) is 31.6 Å². The summed E-state index contributed by atoms with van der Waals surface area (Å²) in [4.78, 5) is 12.3. The van der Waals surface area contributed by atoms with Gasteiger partial charge in [-0.2, -0.15) is 5.26 Å². The van der Waals surface area contributed by atoms with Crippen molar-refractivity contribution in [3.63, 3.8) is 0 Å². The normalized spacial score (nSPS) is 22.1. The first-order chi connectivity index (χ1) is 9.74. The van der Waals surface area contributed by atoms with Crippen molar-refractivity contribution in [2.75, 3.05) is 13.2 Å². The third kappa shape index (κ3) is 2.49. The van der Waals surface area contributed by atoms with Crippen molar-refractivity contribution >= 4 is 5.97 Å². The fraction of sp³-hybridized carbons (Fsp3) is 0.500. The summed E-state index contributed by atoms with van der Waals surface area (Å²) in [5, 5.41) is 8.78. The molecule has 104 valence electrons. The number of rotatable bonds is 4. The molecule has 4 heteroatoms. The fourth-order valence-corrected chi connectivity index (χ4v) is 2.63. The SMILES string of the molecule is N#CCC1(COC(=O)[C@@H]2CCOc3ccccc32)CC1. The zero-order valence-corrected chi connectivity index (χ0v) is 11.3. The number of ether oxygens (including phenoxy) is 2. The van der Waals surface area contributed by atoms with E-state index in [2.05, 4.69) is 6.07 Å². The lowest BCUT2D eigenvalue weighted by Crippen LogP contribution is -2.25. The van der Waals surface area contributed by atoms with Crippen molar-refractivity contribution in [3.8, 4) is 11.8 Å². The van der Waals surface area contributed by atoms with Crippen LogP contribution in [0.25, 0.3) is 0 Å². The Labute approximate surface area is 118 Å². The van der Waals surface area contributed by atoms with Gasteiger partial charge in [0.05, 0.1) is 25.2 Å². The predicted octanol–water partition coefficient (Wildman–Crippen LogP) is 2.79. The van der Waals surface area contributed by atoms with E-state index in [9.17, 15) is 4.79 Å². The van der Waals surface area contributed by atoms with Crippen LogP contribution in [0.5, 0.6) is 5.75 Å². The molecule has 1 aliphatic carbocycles. The molecule has 0 saturated heterocycles. The number of fused-ring (bicyclic) bond motifs is 1. The Morgan fingerprint density at radius 2 is 2.25 bits per heavy atom. The maximum absolute atomic E-state index is 12.3. The molecule has 1 heterocycles. The van der Waals surface area contributed by atoms with Gasteiger partial charge in [0, 0.05) is 17.4 Å². The van der Waals surface area contributed by atoms with Crippen LogP contribution in [0.2, 0.25) is 0 Å². The Kier molecular flexibility index (Phi) is 3.35. The lowest BCUT2D eigenvalue weighted by atomic mass is 9.93. The number of carbonyl (C=O) groups is 1. The lowest BCUT2D eigenvalue weighted by molar-refractivity contribution is -0.148. The zero-order valence-electron chi connectivity index (χ0n) is 11.3. The van der Waals surface area contributed by atoms with Crippen LogP contribution in [0.3, 0.4) is 0 Å². The van der Waals surface area contributed by atoms with Crippen LogP contribution in [-0.4, -0.2) is 19.2 Å². The van der Waals surface area contributed by atoms with Gasteiger partial charge in [-0.15, -0.1) is 0 Å². The van der Waals surface area contributed by atoms with Gasteiger partial charge in [0.25, 0.3) is 0 Å². The van der Waals surface area contributed by atoms with Gasteiger partial charge in [-0.05, 0) is 25.3 Å². The van der Waals surface area contributed by atoms with Crippen molar-refractivity contribution in [1.82, 2.24) is 0 Å². The summed E-state index contributed by atoms with van der Waals surface area (Å²) >= 11 is 0. The van der Waals surface area contributed by atoms with E-state index in [1.165, 1.54) is 0 Å². The smallest absolute Gasteiger partial charge is 0.313 e. The number of hydrogen-bond acceptors (Lipinski definition) is 4. The molecule has 1 aromatic carbocycles. The van der Waals surface area contributed by atoms with Crippen LogP contribution in [0.15, 0.2) is 24.3 Å². The average molecular weight is 271 g/mol. The third-order valence-corrected chi connectivity index (χ3v) is 4.17.